The maximum absolute atomic E-state index is 14.8. The van der Waals surface area contributed by atoms with E-state index in [1.807, 2.05) is 127 Å². The van der Waals surface area contributed by atoms with Crippen molar-refractivity contribution >= 4 is 49.0 Å². The molecule has 9 aromatic carbocycles. The first-order valence-electron chi connectivity index (χ1n) is 25.1. The Labute approximate surface area is 461 Å². The topological polar surface area (TPSA) is 187 Å². The molecule has 9 rings (SSSR count). The minimum atomic E-state index is -5.23. The monoisotopic (exact) mass is 1090 g/mol. The standard InChI is InChI=1S/C64H56N2O11S2/c1-38-19-23-50(24-20-38)75-62-41(4)33-39(2)60(43(62)6)65-56-31-21-46(35-54(56)45-15-11-9-12-16-45)59(53-30-29-52(78(68,69)70)37-58(53)79(71,72)73)47-22-32-57(55(36-47)64(67)77-49-17-13-10-14-18-49)66-61-40(3)34-42(5)63(44(61)7)76-51-27-25-48(74-8)26-28-51/h9-37,65H,1-8H3,(H2-,66,67,68,69,70,71,72,73)/p+1. The summed E-state index contributed by atoms with van der Waals surface area (Å²) in [4.78, 5) is 13.2. The number of carbonyl (C=O) groups is 1. The maximum Gasteiger partial charge on any atom is 0.351 e. The van der Waals surface area contributed by atoms with E-state index in [4.69, 9.17) is 18.9 Å². The summed E-state index contributed by atoms with van der Waals surface area (Å²) in [6.07, 6.45) is 0. The molecule has 0 bridgehead atoms. The van der Waals surface area contributed by atoms with E-state index in [2.05, 4.69) is 10.6 Å². The Morgan fingerprint density at radius 2 is 1.00 bits per heavy atom. The minimum Gasteiger partial charge on any atom is -0.497 e. The van der Waals surface area contributed by atoms with Gasteiger partial charge in [0, 0.05) is 40.2 Å². The molecule has 0 aliphatic rings. The van der Waals surface area contributed by atoms with Crippen molar-refractivity contribution in [2.24, 2.45) is 0 Å². The molecule has 0 spiro atoms. The molecule has 79 heavy (non-hydrogen) atoms. The summed E-state index contributed by atoms with van der Waals surface area (Å²) < 4.78 is 97.6. The number of hydrogen-bond acceptors (Lipinski definition) is 11. The van der Waals surface area contributed by atoms with E-state index in [-0.39, 0.29) is 28.4 Å². The van der Waals surface area contributed by atoms with Crippen molar-refractivity contribution in [1.29, 1.82) is 0 Å². The number of carbonyl (C=O) groups excluding carboxylic acids is 1. The number of benzene rings is 9. The lowest BCUT2D eigenvalue weighted by atomic mass is 9.82. The summed E-state index contributed by atoms with van der Waals surface area (Å²) in [5.41, 5.74) is 10.6. The lowest BCUT2D eigenvalue weighted by Crippen LogP contribution is -2.16. The zero-order chi connectivity index (χ0) is 56.3. The van der Waals surface area contributed by atoms with Crippen LogP contribution in [0.5, 0.6) is 34.5 Å². The molecule has 0 saturated heterocycles. The molecular formula is C64H57N2O11S2+. The lowest BCUT2D eigenvalue weighted by Gasteiger charge is -2.22. The fourth-order valence-corrected chi connectivity index (χ4v) is 10.9. The highest BCUT2D eigenvalue weighted by molar-refractivity contribution is 7.86. The van der Waals surface area contributed by atoms with E-state index in [0.717, 1.165) is 56.3 Å². The molecule has 0 unspecified atom stereocenters. The molecular weight excluding hydrogens is 1040 g/mol. The summed E-state index contributed by atoms with van der Waals surface area (Å²) in [5, 5.41) is 7.17. The van der Waals surface area contributed by atoms with Gasteiger partial charge in [-0.2, -0.15) is 16.8 Å². The van der Waals surface area contributed by atoms with Gasteiger partial charge in [-0.3, -0.25) is 9.11 Å². The second-order valence-electron chi connectivity index (χ2n) is 19.2. The van der Waals surface area contributed by atoms with Gasteiger partial charge in [0.1, 0.15) is 49.9 Å². The fourth-order valence-electron chi connectivity index (χ4n) is 9.64. The molecule has 9 aromatic rings. The zero-order valence-corrected chi connectivity index (χ0v) is 46.3. The summed E-state index contributed by atoms with van der Waals surface area (Å²) in [6.45, 7) is 13.8. The Balaban J connectivity index is 1.23. The molecule has 0 aromatic heterocycles. The quantitative estimate of drug-likeness (QED) is 0.0222. The Kier molecular flexibility index (Phi) is 15.7. The highest BCUT2D eigenvalue weighted by Gasteiger charge is 2.34. The van der Waals surface area contributed by atoms with Gasteiger partial charge in [0.2, 0.25) is 0 Å². The first-order valence-corrected chi connectivity index (χ1v) is 27.9. The number of rotatable bonds is 17. The zero-order valence-electron chi connectivity index (χ0n) is 44.6. The third-order valence-corrected chi connectivity index (χ3v) is 15.3. The van der Waals surface area contributed by atoms with Gasteiger partial charge in [0.15, 0.2) is 0 Å². The fraction of sp³-hybridized carbons (Fsp3) is 0.125. The van der Waals surface area contributed by atoms with Gasteiger partial charge in [-0.05, 0) is 167 Å². The lowest BCUT2D eigenvalue weighted by molar-refractivity contribution is 0.0735. The number of ether oxygens (including phenoxy) is 4. The third kappa shape index (κ3) is 12.2. The van der Waals surface area contributed by atoms with Crippen LogP contribution in [0.1, 0.15) is 66.0 Å². The molecule has 0 atom stereocenters. The molecule has 0 heterocycles. The Morgan fingerprint density at radius 3 is 1.54 bits per heavy atom. The highest BCUT2D eigenvalue weighted by Crippen LogP contribution is 2.45. The second-order valence-corrected chi connectivity index (χ2v) is 22.0. The average molecular weight is 1090 g/mol. The maximum atomic E-state index is 14.8. The third-order valence-electron chi connectivity index (χ3n) is 13.5. The molecule has 0 aliphatic carbocycles. The smallest absolute Gasteiger partial charge is 0.351 e. The largest absolute Gasteiger partial charge is 0.497 e. The molecule has 400 valence electrons. The predicted molar refractivity (Wildman–Crippen MR) is 309 cm³/mol. The van der Waals surface area contributed by atoms with Crippen molar-refractivity contribution in [2.45, 2.75) is 58.3 Å². The van der Waals surface area contributed by atoms with Gasteiger partial charge in [-0.25, -0.2) is 4.79 Å². The van der Waals surface area contributed by atoms with Crippen molar-refractivity contribution in [3.05, 3.63) is 243 Å². The van der Waals surface area contributed by atoms with Gasteiger partial charge in [-0.15, -0.1) is 0 Å². The SMILES string of the molecule is COc1ccc(Oc2c(C)cc(C)c(Nc3ccc([C+](c4ccc(Nc5c(C)cc(C)c(Oc6ccc(C)cc6)c5C)c(-c5ccccc5)c4)c4ccc(S(=O)(=O)O)cc4S(=O)(=O)O)cc3C(=O)Oc3ccccc3)c2C)cc1. The molecule has 0 fully saturated rings. The Hall–Kier alpha value is -8.86. The number of esters is 1. The van der Waals surface area contributed by atoms with Crippen LogP contribution in [-0.2, 0) is 20.2 Å². The number of nitrogens with one attached hydrogen (secondary N) is 2. The number of methoxy groups -OCH3 is 1. The molecule has 0 radical (unpaired) electrons. The van der Waals surface area contributed by atoms with Crippen molar-refractivity contribution < 1.29 is 49.7 Å². The van der Waals surface area contributed by atoms with E-state index >= 15 is 0 Å². The first kappa shape index (κ1) is 54.9. The van der Waals surface area contributed by atoms with E-state index < -0.39 is 36.0 Å². The summed E-state index contributed by atoms with van der Waals surface area (Å²) in [5.74, 6) is 2.84. The van der Waals surface area contributed by atoms with Gasteiger partial charge >= 0.3 is 16.1 Å². The van der Waals surface area contributed by atoms with Crippen LogP contribution in [0.2, 0.25) is 0 Å². The Morgan fingerprint density at radius 1 is 0.494 bits per heavy atom. The van der Waals surface area contributed by atoms with Crippen LogP contribution in [0, 0.1) is 54.4 Å². The van der Waals surface area contributed by atoms with Crippen LogP contribution in [0.15, 0.2) is 186 Å². The number of aryl methyl sites for hydroxylation is 5. The normalized spacial score (nSPS) is 11.4. The van der Waals surface area contributed by atoms with Crippen LogP contribution in [0.4, 0.5) is 22.7 Å². The highest BCUT2D eigenvalue weighted by atomic mass is 32.2. The van der Waals surface area contributed by atoms with Gasteiger partial charge < -0.3 is 29.6 Å². The molecule has 4 N–H and O–H groups in total. The number of anilines is 4. The molecule has 15 heteroatoms. The van der Waals surface area contributed by atoms with Crippen molar-refractivity contribution in [2.75, 3.05) is 17.7 Å². The van der Waals surface area contributed by atoms with Crippen LogP contribution in [0.3, 0.4) is 0 Å². The minimum absolute atomic E-state index is 0.0226. The molecule has 0 aliphatic heterocycles. The molecule has 13 nitrogen and oxygen atoms in total. The number of para-hydroxylation sites is 1. The van der Waals surface area contributed by atoms with Crippen LogP contribution in [0.25, 0.3) is 11.1 Å². The summed E-state index contributed by atoms with van der Waals surface area (Å²) in [7, 11) is -8.62. The van der Waals surface area contributed by atoms with Gasteiger partial charge in [0.05, 0.1) is 41.1 Å². The van der Waals surface area contributed by atoms with E-state index in [1.54, 1.807) is 86.0 Å². The predicted octanol–water partition coefficient (Wildman–Crippen LogP) is 15.3. The van der Waals surface area contributed by atoms with Crippen molar-refractivity contribution in [3.63, 3.8) is 0 Å². The van der Waals surface area contributed by atoms with Crippen LogP contribution in [-0.4, -0.2) is 39.0 Å². The van der Waals surface area contributed by atoms with E-state index in [1.165, 1.54) is 6.07 Å². The van der Waals surface area contributed by atoms with Crippen molar-refractivity contribution in [1.82, 2.24) is 0 Å². The van der Waals surface area contributed by atoms with Crippen molar-refractivity contribution in [3.8, 4) is 45.6 Å². The molecule has 0 amide bonds. The van der Waals surface area contributed by atoms with Crippen LogP contribution < -0.4 is 29.6 Å². The van der Waals surface area contributed by atoms with Gasteiger partial charge in [-0.1, -0.05) is 78.4 Å². The number of hydrogen-bond donors (Lipinski definition) is 4. The second kappa shape index (κ2) is 22.6. The molecule has 0 saturated carbocycles. The van der Waals surface area contributed by atoms with E-state index in [0.29, 0.717) is 63.0 Å². The first-order chi connectivity index (χ1) is 37.7. The van der Waals surface area contributed by atoms with Crippen LogP contribution >= 0.6 is 0 Å². The van der Waals surface area contributed by atoms with Gasteiger partial charge in [0.25, 0.3) is 10.1 Å². The summed E-state index contributed by atoms with van der Waals surface area (Å²) in [6, 6.07) is 50.3. The average Bonchev–Trinajstić information content (AvgIpc) is 3.61. The van der Waals surface area contributed by atoms with E-state index in [9.17, 15) is 30.7 Å². The Bertz CT molecular complexity index is 4000. The summed E-state index contributed by atoms with van der Waals surface area (Å²) >= 11 is 0.